The molecule has 0 unspecified atom stereocenters. The molecule has 0 saturated carbocycles. The number of nitrogens with one attached hydrogen (secondary N) is 1. The summed E-state index contributed by atoms with van der Waals surface area (Å²) in [6.07, 6.45) is 1.13. The number of rotatable bonds is 8. The predicted molar refractivity (Wildman–Crippen MR) is 134 cm³/mol. The molecule has 2 aromatic carbocycles. The van der Waals surface area contributed by atoms with Gasteiger partial charge in [0, 0.05) is 23.7 Å². The second-order valence-electron chi connectivity index (χ2n) is 8.41. The second kappa shape index (κ2) is 10.6. The normalized spacial score (nSPS) is 19.2. The zero-order chi connectivity index (χ0) is 26.0. The van der Waals surface area contributed by atoms with E-state index in [1.165, 1.54) is 18.2 Å². The van der Waals surface area contributed by atoms with Crippen LogP contribution in [0.5, 0.6) is 5.75 Å². The molecule has 2 aliphatic rings. The number of benzene rings is 2. The fraction of sp³-hybridized carbons (Fsp3) is 0.280. The maximum Gasteiger partial charge on any atom is 0.365 e. The zero-order valence-electron chi connectivity index (χ0n) is 19.3. The number of hydrogen-bond acceptors (Lipinski definition) is 7. The number of primary amides is 1. The van der Waals surface area contributed by atoms with E-state index in [4.69, 9.17) is 33.7 Å². The van der Waals surface area contributed by atoms with Crippen molar-refractivity contribution in [2.75, 3.05) is 6.54 Å². The third-order valence-electron chi connectivity index (χ3n) is 6.07. The summed E-state index contributed by atoms with van der Waals surface area (Å²) in [6.45, 7) is 2.38. The van der Waals surface area contributed by atoms with Crippen molar-refractivity contribution in [3.8, 4) is 5.75 Å². The predicted octanol–water partition coefficient (Wildman–Crippen LogP) is 2.91. The average molecular weight is 531 g/mol. The van der Waals surface area contributed by atoms with E-state index in [0.29, 0.717) is 40.7 Å². The number of aliphatic imine (C=N–C) groups is 1. The fourth-order valence-electron chi connectivity index (χ4n) is 4.11. The van der Waals surface area contributed by atoms with Crippen molar-refractivity contribution in [1.29, 1.82) is 0 Å². The van der Waals surface area contributed by atoms with Crippen LogP contribution in [0.2, 0.25) is 10.0 Å². The molecule has 0 aliphatic carbocycles. The summed E-state index contributed by atoms with van der Waals surface area (Å²) in [5, 5.41) is 12.9. The molecule has 4 rings (SSSR count). The van der Waals surface area contributed by atoms with Crippen LogP contribution >= 0.6 is 23.2 Å². The maximum atomic E-state index is 13.1. The molecular weight excluding hydrogens is 507 g/mol. The van der Waals surface area contributed by atoms with E-state index < -0.39 is 24.0 Å². The van der Waals surface area contributed by atoms with E-state index >= 15 is 0 Å². The van der Waals surface area contributed by atoms with Crippen LogP contribution < -0.4 is 11.1 Å². The van der Waals surface area contributed by atoms with Gasteiger partial charge in [-0.2, -0.15) is 0 Å². The molecule has 36 heavy (non-hydrogen) atoms. The van der Waals surface area contributed by atoms with E-state index in [9.17, 15) is 19.5 Å². The van der Waals surface area contributed by atoms with E-state index in [1.807, 2.05) is 6.92 Å². The molecule has 0 aromatic heterocycles. The second-order valence-corrected chi connectivity index (χ2v) is 9.26. The van der Waals surface area contributed by atoms with Crippen LogP contribution in [0.25, 0.3) is 0 Å². The van der Waals surface area contributed by atoms with E-state index in [2.05, 4.69) is 10.3 Å². The number of aromatic hydroxyl groups is 1. The number of carbonyl (C=O) groups is 3. The maximum absolute atomic E-state index is 13.1. The standard InChI is InChI=1S/C25H24Cl2N4O5/c1-2-19(21-25(35)36-24(30-21)16-8-5-14(26)12-17(16)27)31-10-9-20(31)23(34)29-18(22(28)33)11-13-3-6-15(32)7-4-13/h3-8,12,18,20,32H,2,9-11H2,1H3,(H2,28,33)(H,29,34)/b21-19-/t18-,20-/m0/s1. The first kappa shape index (κ1) is 25.5. The van der Waals surface area contributed by atoms with Gasteiger partial charge in [0.15, 0.2) is 5.70 Å². The molecule has 2 aromatic rings. The van der Waals surface area contributed by atoms with Crippen molar-refractivity contribution in [3.63, 3.8) is 0 Å². The Bertz CT molecular complexity index is 1280. The summed E-state index contributed by atoms with van der Waals surface area (Å²) in [5.74, 6) is -1.54. The van der Waals surface area contributed by atoms with Gasteiger partial charge in [-0.3, -0.25) is 9.59 Å². The highest BCUT2D eigenvalue weighted by Crippen LogP contribution is 2.32. The number of nitrogens with two attached hydrogens (primary N) is 1. The number of amides is 2. The summed E-state index contributed by atoms with van der Waals surface area (Å²) in [4.78, 5) is 43.9. The van der Waals surface area contributed by atoms with Gasteiger partial charge in [-0.05, 0) is 48.7 Å². The number of phenols is 1. The van der Waals surface area contributed by atoms with Gasteiger partial charge in [0.1, 0.15) is 17.8 Å². The number of cyclic esters (lactones) is 1. The Hall–Kier alpha value is -3.56. The highest BCUT2D eigenvalue weighted by molar-refractivity contribution is 6.37. The minimum absolute atomic E-state index is 0.0619. The first-order valence-electron chi connectivity index (χ1n) is 11.3. The van der Waals surface area contributed by atoms with Crippen molar-refractivity contribution in [2.24, 2.45) is 10.7 Å². The lowest BCUT2D eigenvalue weighted by molar-refractivity contribution is -0.134. The zero-order valence-corrected chi connectivity index (χ0v) is 20.8. The fourth-order valence-corrected chi connectivity index (χ4v) is 4.60. The summed E-state index contributed by atoms with van der Waals surface area (Å²) < 4.78 is 5.37. The van der Waals surface area contributed by atoms with Gasteiger partial charge in [0.05, 0.1) is 10.6 Å². The number of hydrogen-bond donors (Lipinski definition) is 3. The van der Waals surface area contributed by atoms with Gasteiger partial charge in [0.25, 0.3) is 0 Å². The Morgan fingerprint density at radius 1 is 1.25 bits per heavy atom. The SMILES string of the molecule is CC/C(=C1/N=C(c2ccc(Cl)cc2Cl)OC1=O)N1CC[C@H]1C(=O)N[C@@H](Cc1ccc(O)cc1)C(N)=O. The van der Waals surface area contributed by atoms with Crippen molar-refractivity contribution >= 4 is 46.9 Å². The average Bonchev–Trinajstić information content (AvgIpc) is 3.18. The third kappa shape index (κ3) is 5.32. The molecule has 188 valence electrons. The Kier molecular flexibility index (Phi) is 7.51. The number of phenolic OH excluding ortho intramolecular Hbond substituents is 1. The number of likely N-dealkylation sites (tertiary alicyclic amines) is 1. The quantitative estimate of drug-likeness (QED) is 0.354. The molecule has 2 atom stereocenters. The molecule has 2 heterocycles. The van der Waals surface area contributed by atoms with Crippen LogP contribution in [0, 0.1) is 0 Å². The molecule has 0 spiro atoms. The third-order valence-corrected chi connectivity index (χ3v) is 6.62. The Labute approximate surface area is 217 Å². The van der Waals surface area contributed by atoms with Gasteiger partial charge >= 0.3 is 5.97 Å². The lowest BCUT2D eigenvalue weighted by Gasteiger charge is -2.43. The van der Waals surface area contributed by atoms with Crippen LogP contribution in [0.4, 0.5) is 0 Å². The topological polar surface area (TPSA) is 134 Å². The molecule has 0 bridgehead atoms. The smallest absolute Gasteiger partial charge is 0.365 e. The Morgan fingerprint density at radius 3 is 2.56 bits per heavy atom. The van der Waals surface area contributed by atoms with Crippen molar-refractivity contribution in [2.45, 2.75) is 38.3 Å². The molecule has 9 nitrogen and oxygen atoms in total. The molecule has 2 amide bonds. The van der Waals surface area contributed by atoms with Gasteiger partial charge in [-0.15, -0.1) is 0 Å². The summed E-state index contributed by atoms with van der Waals surface area (Å²) >= 11 is 12.2. The minimum atomic E-state index is -0.935. The van der Waals surface area contributed by atoms with Crippen LogP contribution in [-0.2, 0) is 25.5 Å². The van der Waals surface area contributed by atoms with E-state index in [-0.39, 0.29) is 29.7 Å². The van der Waals surface area contributed by atoms with Gasteiger partial charge in [-0.1, -0.05) is 42.3 Å². The Morgan fingerprint density at radius 2 is 1.97 bits per heavy atom. The molecule has 4 N–H and O–H groups in total. The van der Waals surface area contributed by atoms with E-state index in [1.54, 1.807) is 29.2 Å². The first-order valence-corrected chi connectivity index (χ1v) is 12.1. The minimum Gasteiger partial charge on any atom is -0.508 e. The molecule has 1 fully saturated rings. The van der Waals surface area contributed by atoms with Crippen molar-refractivity contribution < 1.29 is 24.2 Å². The highest BCUT2D eigenvalue weighted by atomic mass is 35.5. The summed E-state index contributed by atoms with van der Waals surface area (Å²) in [5.41, 5.74) is 7.35. The number of allylic oxidation sites excluding steroid dienone is 1. The molecule has 0 radical (unpaired) electrons. The molecular formula is C25H24Cl2N4O5. The number of halogens is 2. The van der Waals surface area contributed by atoms with Crippen molar-refractivity contribution in [1.82, 2.24) is 10.2 Å². The van der Waals surface area contributed by atoms with Gasteiger partial charge < -0.3 is 25.8 Å². The van der Waals surface area contributed by atoms with Crippen LogP contribution in [0.1, 0.15) is 30.9 Å². The lowest BCUT2D eigenvalue weighted by atomic mass is 9.98. The van der Waals surface area contributed by atoms with Crippen LogP contribution in [-0.4, -0.2) is 52.3 Å². The number of nitrogens with zero attached hydrogens (tertiary/aromatic N) is 2. The Balaban J connectivity index is 1.52. The number of esters is 1. The summed E-state index contributed by atoms with van der Waals surface area (Å²) in [6, 6.07) is 9.52. The lowest BCUT2D eigenvalue weighted by Crippen LogP contribution is -2.59. The summed E-state index contributed by atoms with van der Waals surface area (Å²) in [7, 11) is 0. The highest BCUT2D eigenvalue weighted by Gasteiger charge is 2.40. The van der Waals surface area contributed by atoms with Crippen LogP contribution in [0.15, 0.2) is 58.9 Å². The molecule has 2 aliphatic heterocycles. The molecule has 11 heteroatoms. The number of carbonyl (C=O) groups excluding carboxylic acids is 3. The van der Waals surface area contributed by atoms with Crippen molar-refractivity contribution in [3.05, 3.63) is 75.0 Å². The monoisotopic (exact) mass is 530 g/mol. The first-order chi connectivity index (χ1) is 17.2. The largest absolute Gasteiger partial charge is 0.508 e. The van der Waals surface area contributed by atoms with Gasteiger partial charge in [-0.25, -0.2) is 9.79 Å². The molecule has 1 saturated heterocycles. The number of ether oxygens (including phenoxy) is 1. The van der Waals surface area contributed by atoms with Gasteiger partial charge in [0.2, 0.25) is 17.7 Å². The van der Waals surface area contributed by atoms with E-state index in [0.717, 1.165) is 5.56 Å². The van der Waals surface area contributed by atoms with Crippen LogP contribution in [0.3, 0.4) is 0 Å².